The molecule has 2 N–H and O–H groups in total. The van der Waals surface area contributed by atoms with Crippen LogP contribution in [0.2, 0.25) is 0 Å². The van der Waals surface area contributed by atoms with E-state index in [9.17, 15) is 14.4 Å². The molecule has 0 radical (unpaired) electrons. The van der Waals surface area contributed by atoms with Crippen LogP contribution >= 0.6 is 11.3 Å². The number of para-hydroxylation sites is 1. The summed E-state index contributed by atoms with van der Waals surface area (Å²) in [5, 5.41) is 4.16. The molecule has 0 bridgehead atoms. The van der Waals surface area contributed by atoms with E-state index in [1.807, 2.05) is 36.4 Å². The van der Waals surface area contributed by atoms with Crippen molar-refractivity contribution in [2.24, 2.45) is 0 Å². The zero-order chi connectivity index (χ0) is 24.4. The van der Waals surface area contributed by atoms with Crippen molar-refractivity contribution in [3.05, 3.63) is 92.3 Å². The molecule has 1 aliphatic carbocycles. The Morgan fingerprint density at radius 2 is 1.80 bits per heavy atom. The summed E-state index contributed by atoms with van der Waals surface area (Å²) in [6, 6.07) is 16.4. The van der Waals surface area contributed by atoms with E-state index in [0.29, 0.717) is 39.4 Å². The molecule has 7 nitrogen and oxygen atoms in total. The zero-order valence-electron chi connectivity index (χ0n) is 19.5. The van der Waals surface area contributed by atoms with Crippen LogP contribution in [0.5, 0.6) is 0 Å². The number of fused-ring (bicyclic) bond motifs is 2. The Hall–Kier alpha value is -3.62. The van der Waals surface area contributed by atoms with Gasteiger partial charge in [0.25, 0.3) is 5.56 Å². The number of H-pyrrole nitrogens is 1. The lowest BCUT2D eigenvalue weighted by atomic mass is 9.92. The van der Waals surface area contributed by atoms with Crippen LogP contribution in [0.15, 0.2) is 59.4 Å². The average molecular weight is 487 g/mol. The highest BCUT2D eigenvalue weighted by Crippen LogP contribution is 2.39. The summed E-state index contributed by atoms with van der Waals surface area (Å²) in [6.45, 7) is 0.405. The van der Waals surface area contributed by atoms with E-state index in [1.165, 1.54) is 16.2 Å². The van der Waals surface area contributed by atoms with Crippen LogP contribution in [0, 0.1) is 0 Å². The van der Waals surface area contributed by atoms with Crippen molar-refractivity contribution in [1.82, 2.24) is 14.9 Å². The van der Waals surface area contributed by atoms with E-state index < -0.39 is 0 Å². The second-order valence-electron chi connectivity index (χ2n) is 8.86. The molecule has 0 saturated carbocycles. The zero-order valence-corrected chi connectivity index (χ0v) is 20.3. The Bertz CT molecular complexity index is 1460. The minimum atomic E-state index is -0.212. The summed E-state index contributed by atoms with van der Waals surface area (Å²) >= 11 is 1.52. The van der Waals surface area contributed by atoms with Gasteiger partial charge in [-0.25, -0.2) is 4.98 Å². The molecule has 5 rings (SSSR count). The number of nitrogens with zero attached hydrogens (tertiary/aromatic N) is 2. The van der Waals surface area contributed by atoms with Gasteiger partial charge in [-0.3, -0.25) is 19.3 Å². The number of benzene rings is 2. The molecule has 1 aliphatic rings. The third kappa shape index (κ3) is 4.94. The smallest absolute Gasteiger partial charge is 0.258 e. The van der Waals surface area contributed by atoms with Crippen LogP contribution in [-0.2, 0) is 24.2 Å². The summed E-state index contributed by atoms with van der Waals surface area (Å²) in [5.41, 5.74) is 2.76. The standard InChI is InChI=1S/C27H26N4O3S/c1-31(15-22-28-20-13-7-5-11-18(20)26(34)29-22)16-23(32)30-27-24(19-12-6-8-14-21(19)35-27)25(33)17-9-3-2-4-10-17/h2-5,7,9-11,13H,6,8,12,14-16H2,1H3,(H,30,32)(H,28,29,34). The lowest BCUT2D eigenvalue weighted by Gasteiger charge is -2.16. The van der Waals surface area contributed by atoms with Crippen molar-refractivity contribution in [2.45, 2.75) is 32.2 Å². The number of likely N-dealkylation sites (N-methyl/N-ethyl adjacent to an activating group) is 1. The Morgan fingerprint density at radius 3 is 2.63 bits per heavy atom. The van der Waals surface area contributed by atoms with E-state index in [0.717, 1.165) is 31.2 Å². The Kier molecular flexibility index (Phi) is 6.57. The Balaban J connectivity index is 1.33. The second kappa shape index (κ2) is 9.93. The molecule has 4 aromatic rings. The third-order valence-electron chi connectivity index (χ3n) is 6.18. The number of hydrogen-bond acceptors (Lipinski definition) is 6. The Labute approximate surface area is 206 Å². The number of thiophene rings is 1. The molecule has 178 valence electrons. The van der Waals surface area contributed by atoms with Gasteiger partial charge in [0.05, 0.1) is 29.6 Å². The number of amides is 1. The highest BCUT2D eigenvalue weighted by molar-refractivity contribution is 7.17. The molecule has 2 aromatic carbocycles. The topological polar surface area (TPSA) is 95.2 Å². The summed E-state index contributed by atoms with van der Waals surface area (Å²) in [6.07, 6.45) is 3.94. The van der Waals surface area contributed by atoms with Crippen molar-refractivity contribution in [3.63, 3.8) is 0 Å². The van der Waals surface area contributed by atoms with Gasteiger partial charge < -0.3 is 10.3 Å². The molecule has 35 heavy (non-hydrogen) atoms. The number of aromatic amines is 1. The fourth-order valence-electron chi connectivity index (χ4n) is 4.56. The van der Waals surface area contributed by atoms with Crippen LogP contribution < -0.4 is 10.9 Å². The lowest BCUT2D eigenvalue weighted by molar-refractivity contribution is -0.117. The van der Waals surface area contributed by atoms with Gasteiger partial charge in [0.1, 0.15) is 10.8 Å². The predicted molar refractivity (Wildman–Crippen MR) is 138 cm³/mol. The minimum Gasteiger partial charge on any atom is -0.316 e. The molecule has 2 heterocycles. The van der Waals surface area contributed by atoms with Crippen LogP contribution in [0.25, 0.3) is 10.9 Å². The van der Waals surface area contributed by atoms with Gasteiger partial charge in [-0.1, -0.05) is 42.5 Å². The van der Waals surface area contributed by atoms with Gasteiger partial charge in [-0.15, -0.1) is 11.3 Å². The summed E-state index contributed by atoms with van der Waals surface area (Å²) in [7, 11) is 1.80. The monoisotopic (exact) mass is 486 g/mol. The van der Waals surface area contributed by atoms with Crippen molar-refractivity contribution in [1.29, 1.82) is 0 Å². The van der Waals surface area contributed by atoms with Gasteiger partial charge in [0, 0.05) is 10.4 Å². The first kappa shape index (κ1) is 23.1. The average Bonchev–Trinajstić information content (AvgIpc) is 3.21. The minimum absolute atomic E-state index is 0.0495. The molecule has 8 heteroatoms. The van der Waals surface area contributed by atoms with E-state index in [-0.39, 0.29) is 23.8 Å². The Morgan fingerprint density at radius 1 is 1.06 bits per heavy atom. The first-order valence-electron chi connectivity index (χ1n) is 11.7. The van der Waals surface area contributed by atoms with Gasteiger partial charge >= 0.3 is 0 Å². The number of nitrogens with one attached hydrogen (secondary N) is 2. The predicted octanol–water partition coefficient (Wildman–Crippen LogP) is 4.16. The summed E-state index contributed by atoms with van der Waals surface area (Å²) in [5.74, 6) is 0.235. The van der Waals surface area contributed by atoms with Crippen molar-refractivity contribution in [2.75, 3.05) is 18.9 Å². The fraction of sp³-hybridized carbons (Fsp3) is 0.259. The van der Waals surface area contributed by atoms with Gasteiger partial charge in [-0.2, -0.15) is 0 Å². The van der Waals surface area contributed by atoms with Crippen molar-refractivity contribution < 1.29 is 9.59 Å². The second-order valence-corrected chi connectivity index (χ2v) is 9.97. The number of carbonyl (C=O) groups is 2. The number of anilines is 1. The molecule has 0 saturated heterocycles. The molecular weight excluding hydrogens is 460 g/mol. The first-order valence-corrected chi connectivity index (χ1v) is 12.5. The SMILES string of the molecule is CN(CC(=O)Nc1sc2c(c1C(=O)c1ccccc1)CCCC2)Cc1nc2ccccc2c(=O)[nH]1. The van der Waals surface area contributed by atoms with Crippen LogP contribution in [0.1, 0.15) is 45.0 Å². The normalized spacial score (nSPS) is 13.1. The fourth-order valence-corrected chi connectivity index (χ4v) is 5.86. The van der Waals surface area contributed by atoms with Gasteiger partial charge in [-0.05, 0) is 50.4 Å². The number of rotatable bonds is 7. The maximum atomic E-state index is 13.4. The molecule has 0 fully saturated rings. The highest BCUT2D eigenvalue weighted by Gasteiger charge is 2.27. The first-order chi connectivity index (χ1) is 17.0. The molecule has 0 spiro atoms. The largest absolute Gasteiger partial charge is 0.316 e. The molecule has 2 aromatic heterocycles. The highest BCUT2D eigenvalue weighted by atomic mass is 32.1. The van der Waals surface area contributed by atoms with E-state index in [2.05, 4.69) is 15.3 Å². The number of ketones is 1. The number of aryl methyl sites for hydroxylation is 1. The van der Waals surface area contributed by atoms with Crippen LogP contribution in [0.3, 0.4) is 0 Å². The van der Waals surface area contributed by atoms with Gasteiger partial charge in [0.2, 0.25) is 5.91 Å². The van der Waals surface area contributed by atoms with E-state index in [1.54, 1.807) is 30.1 Å². The number of aromatic nitrogens is 2. The lowest BCUT2D eigenvalue weighted by Crippen LogP contribution is -2.31. The van der Waals surface area contributed by atoms with E-state index >= 15 is 0 Å². The number of carbonyl (C=O) groups excluding carboxylic acids is 2. The van der Waals surface area contributed by atoms with Crippen LogP contribution in [-0.4, -0.2) is 40.2 Å². The van der Waals surface area contributed by atoms with Crippen molar-refractivity contribution in [3.8, 4) is 0 Å². The number of hydrogen-bond donors (Lipinski definition) is 2. The molecule has 0 atom stereocenters. The van der Waals surface area contributed by atoms with Gasteiger partial charge in [0.15, 0.2) is 5.78 Å². The van der Waals surface area contributed by atoms with Crippen LogP contribution in [0.4, 0.5) is 5.00 Å². The van der Waals surface area contributed by atoms with E-state index in [4.69, 9.17) is 0 Å². The summed E-state index contributed by atoms with van der Waals surface area (Å²) < 4.78 is 0. The maximum Gasteiger partial charge on any atom is 0.258 e. The molecule has 1 amide bonds. The third-order valence-corrected chi connectivity index (χ3v) is 7.39. The molecular formula is C27H26N4O3S. The maximum absolute atomic E-state index is 13.4. The quantitative estimate of drug-likeness (QED) is 0.383. The van der Waals surface area contributed by atoms with Crippen molar-refractivity contribution >= 4 is 38.9 Å². The summed E-state index contributed by atoms with van der Waals surface area (Å²) in [4.78, 5) is 49.0. The molecule has 0 aliphatic heterocycles. The molecule has 0 unspecified atom stereocenters.